The van der Waals surface area contributed by atoms with Gasteiger partial charge in [0, 0.05) is 10.9 Å². The Morgan fingerprint density at radius 2 is 2.17 bits per heavy atom. The molecule has 1 N–H and O–H groups in total. The van der Waals surface area contributed by atoms with Crippen molar-refractivity contribution in [2.24, 2.45) is 5.92 Å². The molecule has 0 aliphatic heterocycles. The summed E-state index contributed by atoms with van der Waals surface area (Å²) in [6, 6.07) is 6.44. The summed E-state index contributed by atoms with van der Waals surface area (Å²) in [6.45, 7) is 4.48. The quantitative estimate of drug-likeness (QED) is 0.868. The highest BCUT2D eigenvalue weighted by molar-refractivity contribution is 9.10. The van der Waals surface area contributed by atoms with Crippen molar-refractivity contribution >= 4 is 15.9 Å². The second-order valence-electron chi connectivity index (χ2n) is 5.91. The lowest BCUT2D eigenvalue weighted by molar-refractivity contribution is 0.00363. The first-order valence-electron chi connectivity index (χ1n) is 7.02. The van der Waals surface area contributed by atoms with Gasteiger partial charge >= 0.3 is 0 Å². The Morgan fingerprint density at radius 3 is 2.89 bits per heavy atom. The first-order chi connectivity index (χ1) is 8.52. The van der Waals surface area contributed by atoms with Crippen LogP contribution in [0, 0.1) is 5.92 Å². The molecule has 2 unspecified atom stereocenters. The molecule has 0 fully saturated rings. The highest BCUT2D eigenvalue weighted by Gasteiger charge is 2.33. The number of aryl methyl sites for hydroxylation is 1. The third-order valence-electron chi connectivity index (χ3n) is 4.06. The van der Waals surface area contributed by atoms with Crippen molar-refractivity contribution in [1.29, 1.82) is 0 Å². The molecule has 0 saturated heterocycles. The molecule has 1 aliphatic rings. The van der Waals surface area contributed by atoms with Crippen LogP contribution in [-0.2, 0) is 12.8 Å². The molecule has 0 amide bonds. The van der Waals surface area contributed by atoms with Crippen LogP contribution in [0.4, 0.5) is 0 Å². The SMILES string of the molecule is CCCC(C)CC1(O)CCc2cc(Br)ccc2C1. The zero-order chi connectivity index (χ0) is 13.2. The van der Waals surface area contributed by atoms with Crippen molar-refractivity contribution in [3.63, 3.8) is 0 Å². The van der Waals surface area contributed by atoms with Crippen molar-refractivity contribution in [2.45, 2.75) is 58.0 Å². The first-order valence-corrected chi connectivity index (χ1v) is 7.81. The lowest BCUT2D eigenvalue weighted by Gasteiger charge is -2.35. The number of benzene rings is 1. The average molecular weight is 311 g/mol. The Hall–Kier alpha value is -0.340. The molecule has 2 atom stereocenters. The van der Waals surface area contributed by atoms with Crippen LogP contribution < -0.4 is 0 Å². The van der Waals surface area contributed by atoms with Crippen molar-refractivity contribution < 1.29 is 5.11 Å². The summed E-state index contributed by atoms with van der Waals surface area (Å²) in [7, 11) is 0. The number of fused-ring (bicyclic) bond motifs is 1. The molecule has 0 radical (unpaired) electrons. The maximum absolute atomic E-state index is 10.8. The zero-order valence-electron chi connectivity index (χ0n) is 11.4. The van der Waals surface area contributed by atoms with Crippen LogP contribution in [0.5, 0.6) is 0 Å². The van der Waals surface area contributed by atoms with Crippen LogP contribution in [0.15, 0.2) is 22.7 Å². The maximum atomic E-state index is 10.8. The van der Waals surface area contributed by atoms with Gasteiger partial charge in [-0.1, -0.05) is 48.7 Å². The summed E-state index contributed by atoms with van der Waals surface area (Å²) in [5.74, 6) is 0.622. The van der Waals surface area contributed by atoms with Gasteiger partial charge in [-0.25, -0.2) is 0 Å². The second kappa shape index (κ2) is 5.75. The molecule has 18 heavy (non-hydrogen) atoms. The van der Waals surface area contributed by atoms with Crippen molar-refractivity contribution in [1.82, 2.24) is 0 Å². The number of aliphatic hydroxyl groups is 1. The molecule has 0 saturated carbocycles. The molecule has 1 aromatic rings. The highest BCUT2D eigenvalue weighted by Crippen LogP contribution is 2.35. The maximum Gasteiger partial charge on any atom is 0.0693 e. The highest BCUT2D eigenvalue weighted by atomic mass is 79.9. The molecule has 1 aromatic carbocycles. The molecule has 0 bridgehead atoms. The van der Waals surface area contributed by atoms with Gasteiger partial charge in [0.05, 0.1) is 5.60 Å². The van der Waals surface area contributed by atoms with E-state index in [0.717, 1.165) is 30.2 Å². The van der Waals surface area contributed by atoms with E-state index in [-0.39, 0.29) is 0 Å². The Morgan fingerprint density at radius 1 is 1.39 bits per heavy atom. The van der Waals surface area contributed by atoms with Gasteiger partial charge in [0.25, 0.3) is 0 Å². The van der Waals surface area contributed by atoms with Crippen LogP contribution in [0.1, 0.15) is 50.7 Å². The third kappa shape index (κ3) is 3.36. The number of halogens is 1. The standard InChI is InChI=1S/C16H23BrO/c1-3-4-12(2)10-16(18)8-7-13-9-15(17)6-5-14(13)11-16/h5-6,9,12,18H,3-4,7-8,10-11H2,1-2H3. The minimum Gasteiger partial charge on any atom is -0.390 e. The summed E-state index contributed by atoms with van der Waals surface area (Å²) in [4.78, 5) is 0. The van der Waals surface area contributed by atoms with Gasteiger partial charge in [-0.2, -0.15) is 0 Å². The van der Waals surface area contributed by atoms with Gasteiger partial charge in [0.1, 0.15) is 0 Å². The van der Waals surface area contributed by atoms with E-state index in [0.29, 0.717) is 5.92 Å². The second-order valence-corrected chi connectivity index (χ2v) is 6.83. The normalized spacial score (nSPS) is 24.7. The van der Waals surface area contributed by atoms with E-state index >= 15 is 0 Å². The molecule has 0 aromatic heterocycles. The molecule has 0 spiro atoms. The smallest absolute Gasteiger partial charge is 0.0693 e. The van der Waals surface area contributed by atoms with E-state index in [1.165, 1.54) is 24.0 Å². The summed E-state index contributed by atoms with van der Waals surface area (Å²) in [5, 5.41) is 10.8. The lowest BCUT2D eigenvalue weighted by Crippen LogP contribution is -2.37. The van der Waals surface area contributed by atoms with Gasteiger partial charge < -0.3 is 5.11 Å². The van der Waals surface area contributed by atoms with Crippen LogP contribution in [-0.4, -0.2) is 10.7 Å². The number of hydrogen-bond acceptors (Lipinski definition) is 1. The number of rotatable bonds is 4. The largest absolute Gasteiger partial charge is 0.390 e. The molecule has 100 valence electrons. The van der Waals surface area contributed by atoms with E-state index in [9.17, 15) is 5.11 Å². The van der Waals surface area contributed by atoms with E-state index < -0.39 is 5.60 Å². The van der Waals surface area contributed by atoms with E-state index in [4.69, 9.17) is 0 Å². The topological polar surface area (TPSA) is 20.2 Å². The molecular weight excluding hydrogens is 288 g/mol. The summed E-state index contributed by atoms with van der Waals surface area (Å²) >= 11 is 3.52. The fourth-order valence-corrected chi connectivity index (χ4v) is 3.64. The van der Waals surface area contributed by atoms with Gasteiger partial charge in [-0.15, -0.1) is 0 Å². The minimum atomic E-state index is -0.477. The fourth-order valence-electron chi connectivity index (χ4n) is 3.23. The van der Waals surface area contributed by atoms with Crippen LogP contribution in [0.3, 0.4) is 0 Å². The molecular formula is C16H23BrO. The fraction of sp³-hybridized carbons (Fsp3) is 0.625. The van der Waals surface area contributed by atoms with Crippen molar-refractivity contribution in [2.75, 3.05) is 0 Å². The van der Waals surface area contributed by atoms with E-state index in [1.807, 2.05) is 0 Å². The van der Waals surface area contributed by atoms with Gasteiger partial charge in [0.2, 0.25) is 0 Å². The third-order valence-corrected chi connectivity index (χ3v) is 4.55. The van der Waals surface area contributed by atoms with Crippen LogP contribution >= 0.6 is 15.9 Å². The lowest BCUT2D eigenvalue weighted by atomic mass is 9.75. The monoisotopic (exact) mass is 310 g/mol. The zero-order valence-corrected chi connectivity index (χ0v) is 13.0. The van der Waals surface area contributed by atoms with E-state index in [2.05, 4.69) is 48.0 Å². The summed E-state index contributed by atoms with van der Waals surface area (Å²) in [5.41, 5.74) is 2.25. The molecule has 1 nitrogen and oxygen atoms in total. The summed E-state index contributed by atoms with van der Waals surface area (Å²) in [6.07, 6.45) is 6.10. The van der Waals surface area contributed by atoms with Gasteiger partial charge in [-0.3, -0.25) is 0 Å². The predicted molar refractivity (Wildman–Crippen MR) is 79.8 cm³/mol. The predicted octanol–water partition coefficient (Wildman–Crippen LogP) is 4.50. The van der Waals surface area contributed by atoms with Gasteiger partial charge in [0.15, 0.2) is 0 Å². The first kappa shape index (κ1) is 14.1. The summed E-state index contributed by atoms with van der Waals surface area (Å²) < 4.78 is 1.14. The van der Waals surface area contributed by atoms with Crippen LogP contribution in [0.2, 0.25) is 0 Å². The van der Waals surface area contributed by atoms with Gasteiger partial charge in [-0.05, 0) is 48.4 Å². The Labute approximate surface area is 119 Å². The molecule has 1 aliphatic carbocycles. The van der Waals surface area contributed by atoms with Crippen LogP contribution in [0.25, 0.3) is 0 Å². The molecule has 2 rings (SSSR count). The Kier molecular flexibility index (Phi) is 4.50. The minimum absolute atomic E-state index is 0.477. The molecule has 2 heteroatoms. The van der Waals surface area contributed by atoms with E-state index in [1.54, 1.807) is 0 Å². The molecule has 0 heterocycles. The average Bonchev–Trinajstić information content (AvgIpc) is 2.29. The van der Waals surface area contributed by atoms with Crippen molar-refractivity contribution in [3.05, 3.63) is 33.8 Å². The Bertz CT molecular complexity index is 416. The Balaban J connectivity index is 2.08. The van der Waals surface area contributed by atoms with Crippen molar-refractivity contribution in [3.8, 4) is 0 Å². The number of hydrogen-bond donors (Lipinski definition) is 1.